The number of hydrogen-bond donors (Lipinski definition) is 0. The Morgan fingerprint density at radius 1 is 1.17 bits per heavy atom. The maximum absolute atomic E-state index is 13.1. The van der Waals surface area contributed by atoms with Crippen LogP contribution in [0.5, 0.6) is 0 Å². The molecule has 29 heavy (non-hydrogen) atoms. The van der Waals surface area contributed by atoms with Crippen LogP contribution in [-0.4, -0.2) is 32.9 Å². The summed E-state index contributed by atoms with van der Waals surface area (Å²) in [6, 6.07) is 8.29. The lowest BCUT2D eigenvalue weighted by Gasteiger charge is -2.28. The molecule has 0 atom stereocenters. The van der Waals surface area contributed by atoms with Crippen molar-refractivity contribution in [1.29, 1.82) is 0 Å². The summed E-state index contributed by atoms with van der Waals surface area (Å²) in [7, 11) is 0. The standard InChI is InChI=1S/C23H29N3O2S/c1-15(2)12-26(16(3)4)20(27)10-11-25-14-24-22-21(23(25)28)19(13-29-22)18-8-6-17(5)7-9-18/h6-9,13-16H,10-12H2,1-5H3. The molecule has 0 aliphatic rings. The number of rotatable bonds is 7. The Kier molecular flexibility index (Phi) is 6.52. The Morgan fingerprint density at radius 3 is 2.48 bits per heavy atom. The second kappa shape index (κ2) is 8.91. The van der Waals surface area contributed by atoms with E-state index in [4.69, 9.17) is 0 Å². The van der Waals surface area contributed by atoms with Gasteiger partial charge < -0.3 is 4.90 Å². The van der Waals surface area contributed by atoms with E-state index in [1.165, 1.54) is 16.9 Å². The Bertz CT molecular complexity index is 1050. The molecule has 1 amide bonds. The summed E-state index contributed by atoms with van der Waals surface area (Å²) in [4.78, 5) is 33.0. The third-order valence-corrected chi connectivity index (χ3v) is 5.88. The van der Waals surface area contributed by atoms with Crippen molar-refractivity contribution >= 4 is 27.5 Å². The zero-order chi connectivity index (χ0) is 21.1. The molecule has 0 unspecified atom stereocenters. The molecule has 0 aliphatic carbocycles. The zero-order valence-corrected chi connectivity index (χ0v) is 18.6. The Labute approximate surface area is 176 Å². The smallest absolute Gasteiger partial charge is 0.262 e. The number of aryl methyl sites for hydroxylation is 2. The Morgan fingerprint density at radius 2 is 1.86 bits per heavy atom. The molecular weight excluding hydrogens is 382 g/mol. The van der Waals surface area contributed by atoms with Crippen LogP contribution < -0.4 is 5.56 Å². The van der Waals surface area contributed by atoms with Gasteiger partial charge in [-0.05, 0) is 32.3 Å². The maximum atomic E-state index is 13.1. The van der Waals surface area contributed by atoms with Gasteiger partial charge in [0, 0.05) is 36.5 Å². The Hall–Kier alpha value is -2.47. The van der Waals surface area contributed by atoms with Crippen molar-refractivity contribution in [3.63, 3.8) is 0 Å². The molecule has 5 nitrogen and oxygen atoms in total. The third kappa shape index (κ3) is 4.75. The number of amides is 1. The predicted molar refractivity (Wildman–Crippen MR) is 120 cm³/mol. The lowest BCUT2D eigenvalue weighted by atomic mass is 10.1. The molecule has 1 aromatic carbocycles. The lowest BCUT2D eigenvalue weighted by Crippen LogP contribution is -2.40. The van der Waals surface area contributed by atoms with Crippen LogP contribution in [0, 0.1) is 12.8 Å². The van der Waals surface area contributed by atoms with Crippen molar-refractivity contribution in [2.75, 3.05) is 6.54 Å². The molecule has 0 spiro atoms. The molecule has 0 saturated heterocycles. The van der Waals surface area contributed by atoms with Crippen molar-refractivity contribution < 1.29 is 4.79 Å². The first-order valence-electron chi connectivity index (χ1n) is 10.1. The van der Waals surface area contributed by atoms with Gasteiger partial charge in [-0.15, -0.1) is 11.3 Å². The fourth-order valence-electron chi connectivity index (χ4n) is 3.43. The first-order valence-corrected chi connectivity index (χ1v) is 11.0. The van der Waals surface area contributed by atoms with Gasteiger partial charge in [-0.1, -0.05) is 43.7 Å². The van der Waals surface area contributed by atoms with Crippen molar-refractivity contribution in [2.45, 2.75) is 53.6 Å². The number of carbonyl (C=O) groups is 1. The van der Waals surface area contributed by atoms with E-state index in [0.29, 0.717) is 24.3 Å². The normalized spacial score (nSPS) is 11.6. The molecule has 0 N–H and O–H groups in total. The molecule has 3 rings (SSSR count). The first-order chi connectivity index (χ1) is 13.8. The highest BCUT2D eigenvalue weighted by atomic mass is 32.1. The van der Waals surface area contributed by atoms with Crippen LogP contribution in [0.25, 0.3) is 21.3 Å². The van der Waals surface area contributed by atoms with Gasteiger partial charge in [0.25, 0.3) is 5.56 Å². The molecule has 3 aromatic rings. The minimum absolute atomic E-state index is 0.0739. The van der Waals surface area contributed by atoms with E-state index in [-0.39, 0.29) is 17.5 Å². The summed E-state index contributed by atoms with van der Waals surface area (Å²) in [5, 5.41) is 2.62. The van der Waals surface area contributed by atoms with Gasteiger partial charge in [-0.3, -0.25) is 14.2 Å². The monoisotopic (exact) mass is 411 g/mol. The quantitative estimate of drug-likeness (QED) is 0.565. The van der Waals surface area contributed by atoms with Crippen LogP contribution >= 0.6 is 11.3 Å². The van der Waals surface area contributed by atoms with E-state index in [1.807, 2.05) is 55.3 Å². The van der Waals surface area contributed by atoms with Crippen LogP contribution in [0.2, 0.25) is 0 Å². The molecule has 0 bridgehead atoms. The average Bonchev–Trinajstić information content (AvgIpc) is 3.10. The van der Waals surface area contributed by atoms with Gasteiger partial charge in [0.05, 0.1) is 11.7 Å². The van der Waals surface area contributed by atoms with Gasteiger partial charge in [0.15, 0.2) is 0 Å². The summed E-state index contributed by atoms with van der Waals surface area (Å²) in [6.45, 7) is 11.4. The van der Waals surface area contributed by atoms with Crippen molar-refractivity contribution in [3.05, 3.63) is 51.9 Å². The predicted octanol–water partition coefficient (Wildman–Crippen LogP) is 4.72. The van der Waals surface area contributed by atoms with Gasteiger partial charge >= 0.3 is 0 Å². The summed E-state index contributed by atoms with van der Waals surface area (Å²) in [5.41, 5.74) is 3.02. The number of thiophene rings is 1. The third-order valence-electron chi connectivity index (χ3n) is 5.00. The van der Waals surface area contributed by atoms with Crippen LogP contribution in [0.4, 0.5) is 0 Å². The van der Waals surface area contributed by atoms with E-state index in [1.54, 1.807) is 10.9 Å². The van der Waals surface area contributed by atoms with Crippen LogP contribution in [0.3, 0.4) is 0 Å². The molecule has 2 heterocycles. The minimum atomic E-state index is -0.0837. The van der Waals surface area contributed by atoms with Crippen LogP contribution in [0.1, 0.15) is 39.7 Å². The number of carbonyl (C=O) groups excluding carboxylic acids is 1. The van der Waals surface area contributed by atoms with Crippen molar-refractivity contribution in [1.82, 2.24) is 14.5 Å². The van der Waals surface area contributed by atoms with Gasteiger partial charge in [-0.25, -0.2) is 4.98 Å². The summed E-state index contributed by atoms with van der Waals surface area (Å²) in [5.74, 6) is 0.481. The second-order valence-electron chi connectivity index (χ2n) is 8.22. The number of fused-ring (bicyclic) bond motifs is 1. The number of aromatic nitrogens is 2. The molecule has 0 fully saturated rings. The fraction of sp³-hybridized carbons (Fsp3) is 0.435. The molecule has 0 aliphatic heterocycles. The van der Waals surface area contributed by atoms with E-state index in [2.05, 4.69) is 18.8 Å². The summed E-state index contributed by atoms with van der Waals surface area (Å²) < 4.78 is 1.57. The van der Waals surface area contributed by atoms with Crippen molar-refractivity contribution in [3.8, 4) is 11.1 Å². The second-order valence-corrected chi connectivity index (χ2v) is 9.08. The first kappa shape index (κ1) is 21.2. The fourth-order valence-corrected chi connectivity index (χ4v) is 4.33. The van der Waals surface area contributed by atoms with Gasteiger partial charge in [0.2, 0.25) is 5.91 Å². The van der Waals surface area contributed by atoms with Crippen LogP contribution in [-0.2, 0) is 11.3 Å². The molecule has 2 aromatic heterocycles. The molecule has 0 saturated carbocycles. The maximum Gasteiger partial charge on any atom is 0.262 e. The number of benzene rings is 1. The van der Waals surface area contributed by atoms with E-state index in [0.717, 1.165) is 22.5 Å². The number of nitrogens with zero attached hydrogens (tertiary/aromatic N) is 3. The molecule has 154 valence electrons. The largest absolute Gasteiger partial charge is 0.340 e. The topological polar surface area (TPSA) is 55.2 Å². The minimum Gasteiger partial charge on any atom is -0.340 e. The molecule has 6 heteroatoms. The highest BCUT2D eigenvalue weighted by Crippen LogP contribution is 2.30. The zero-order valence-electron chi connectivity index (χ0n) is 17.8. The highest BCUT2D eigenvalue weighted by molar-refractivity contribution is 7.17. The van der Waals surface area contributed by atoms with Gasteiger partial charge in [0.1, 0.15) is 4.83 Å². The number of hydrogen-bond acceptors (Lipinski definition) is 4. The lowest BCUT2D eigenvalue weighted by molar-refractivity contribution is -0.133. The van der Waals surface area contributed by atoms with Gasteiger partial charge in [-0.2, -0.15) is 0 Å². The van der Waals surface area contributed by atoms with E-state index < -0.39 is 0 Å². The molecular formula is C23H29N3O2S. The average molecular weight is 412 g/mol. The van der Waals surface area contributed by atoms with Crippen LogP contribution in [0.15, 0.2) is 40.8 Å². The van der Waals surface area contributed by atoms with E-state index in [9.17, 15) is 9.59 Å². The SMILES string of the molecule is Cc1ccc(-c2csc3ncn(CCC(=O)N(CC(C)C)C(C)C)c(=O)c23)cc1. The van der Waals surface area contributed by atoms with E-state index >= 15 is 0 Å². The molecule has 0 radical (unpaired) electrons. The summed E-state index contributed by atoms with van der Waals surface area (Å²) in [6.07, 6.45) is 1.86. The van der Waals surface area contributed by atoms with Crippen molar-refractivity contribution in [2.24, 2.45) is 5.92 Å². The summed E-state index contributed by atoms with van der Waals surface area (Å²) >= 11 is 1.48. The highest BCUT2D eigenvalue weighted by Gasteiger charge is 2.19. The Balaban J connectivity index is 1.86.